The fraction of sp³-hybridized carbons (Fsp3) is 0.583. The molecule has 0 atom stereocenters. The number of carbonyl (C=O) groups is 5. The van der Waals surface area contributed by atoms with Gasteiger partial charge in [-0.05, 0) is 0 Å². The van der Waals surface area contributed by atoms with Gasteiger partial charge in [0.05, 0.1) is 13.0 Å². The largest absolute Gasteiger partial charge is 0.349 e. The third-order valence-electron chi connectivity index (χ3n) is 2.61. The van der Waals surface area contributed by atoms with Crippen molar-refractivity contribution in [2.24, 2.45) is 0 Å². The van der Waals surface area contributed by atoms with Gasteiger partial charge in [-0.2, -0.15) is 0 Å². The lowest BCUT2D eigenvalue weighted by Crippen LogP contribution is -2.32. The molecule has 0 bridgehead atoms. The van der Waals surface area contributed by atoms with Gasteiger partial charge in [0.1, 0.15) is 0 Å². The average Bonchev–Trinajstić information content (AvgIpc) is 2.74. The Bertz CT molecular complexity index is 429. The Morgan fingerprint density at radius 1 is 1.15 bits per heavy atom. The summed E-state index contributed by atoms with van der Waals surface area (Å²) in [5.41, 5.74) is 0. The molecule has 1 aliphatic rings. The van der Waals surface area contributed by atoms with E-state index < -0.39 is 17.8 Å². The molecular formula is C12H16N2O6. The van der Waals surface area contributed by atoms with E-state index in [2.05, 4.69) is 10.2 Å². The maximum absolute atomic E-state index is 11.4. The van der Waals surface area contributed by atoms with Crippen LogP contribution in [0.4, 0.5) is 0 Å². The molecule has 1 heterocycles. The third-order valence-corrected chi connectivity index (χ3v) is 2.61. The van der Waals surface area contributed by atoms with Gasteiger partial charge in [0.15, 0.2) is 5.78 Å². The molecule has 110 valence electrons. The number of ketones is 1. The van der Waals surface area contributed by atoms with Crippen molar-refractivity contribution in [2.75, 3.05) is 6.54 Å². The first-order valence-electron chi connectivity index (χ1n) is 6.29. The first kappa shape index (κ1) is 15.8. The Morgan fingerprint density at radius 2 is 1.75 bits per heavy atom. The molecule has 0 radical (unpaired) electrons. The molecule has 3 amide bonds. The van der Waals surface area contributed by atoms with Crippen LogP contribution in [0.1, 0.15) is 39.0 Å². The molecule has 1 fully saturated rings. The highest BCUT2D eigenvalue weighted by molar-refractivity contribution is 6.01. The van der Waals surface area contributed by atoms with Crippen LogP contribution in [0, 0.1) is 0 Å². The normalized spacial score (nSPS) is 14.3. The Balaban J connectivity index is 2.26. The number of nitrogens with zero attached hydrogens (tertiary/aromatic N) is 1. The molecule has 20 heavy (non-hydrogen) atoms. The lowest BCUT2D eigenvalue weighted by atomic mass is 10.2. The highest BCUT2D eigenvalue weighted by atomic mass is 16.7. The summed E-state index contributed by atoms with van der Waals surface area (Å²) in [5.74, 6) is -2.55. The van der Waals surface area contributed by atoms with Gasteiger partial charge >= 0.3 is 5.97 Å². The van der Waals surface area contributed by atoms with Crippen LogP contribution in [0.25, 0.3) is 0 Å². The van der Waals surface area contributed by atoms with Gasteiger partial charge in [0, 0.05) is 25.7 Å². The quantitative estimate of drug-likeness (QED) is 0.497. The van der Waals surface area contributed by atoms with Crippen molar-refractivity contribution in [3.05, 3.63) is 0 Å². The molecule has 0 aromatic heterocycles. The fourth-order valence-corrected chi connectivity index (χ4v) is 1.46. The number of nitrogens with one attached hydrogen (secondary N) is 1. The number of hydroxylamine groups is 2. The van der Waals surface area contributed by atoms with Crippen LogP contribution in [0.3, 0.4) is 0 Å². The van der Waals surface area contributed by atoms with E-state index in [0.717, 1.165) is 0 Å². The first-order valence-corrected chi connectivity index (χ1v) is 6.29. The number of imide groups is 1. The smallest absolute Gasteiger partial charge is 0.333 e. The zero-order valence-corrected chi connectivity index (χ0v) is 11.1. The van der Waals surface area contributed by atoms with Crippen LogP contribution in [0.5, 0.6) is 0 Å². The minimum Gasteiger partial charge on any atom is -0.349 e. The predicted octanol–water partition coefficient (Wildman–Crippen LogP) is -0.531. The molecule has 0 aliphatic carbocycles. The maximum atomic E-state index is 11.4. The highest BCUT2D eigenvalue weighted by Gasteiger charge is 2.32. The molecule has 8 heteroatoms. The third kappa shape index (κ3) is 4.79. The SMILES string of the molecule is C[13CH2][13C](=O)NCC(=O)CCC(=O)ON1C(=O)CCC1=O. The number of hydrogen-bond acceptors (Lipinski definition) is 6. The van der Waals surface area contributed by atoms with Crippen molar-refractivity contribution in [1.29, 1.82) is 0 Å². The standard InChI is InChI=1S/C12H16N2O6/c1-2-9(16)13-7-8(15)3-6-12(19)20-14-10(17)4-5-11(14)18/h2-7H2,1H3,(H,13,16)/i2+1,9+1. The van der Waals surface area contributed by atoms with Crippen LogP contribution in [-0.4, -0.2) is 41.1 Å². The molecule has 8 nitrogen and oxygen atoms in total. The molecule has 0 saturated carbocycles. The summed E-state index contributed by atoms with van der Waals surface area (Å²) in [5, 5.41) is 2.82. The maximum Gasteiger partial charge on any atom is 0.333 e. The summed E-state index contributed by atoms with van der Waals surface area (Å²) >= 11 is 0. The van der Waals surface area contributed by atoms with Crippen LogP contribution < -0.4 is 5.32 Å². The second-order valence-electron chi connectivity index (χ2n) is 4.21. The topological polar surface area (TPSA) is 110 Å². The van der Waals surface area contributed by atoms with Gasteiger partial charge in [-0.1, -0.05) is 6.92 Å². The van der Waals surface area contributed by atoms with Gasteiger partial charge in [-0.3, -0.25) is 19.2 Å². The van der Waals surface area contributed by atoms with E-state index in [-0.39, 0.29) is 50.3 Å². The molecular weight excluding hydrogens is 270 g/mol. The lowest BCUT2D eigenvalue weighted by molar-refractivity contribution is -0.197. The summed E-state index contributed by atoms with van der Waals surface area (Å²) in [6.45, 7) is 1.50. The number of hydrogen-bond donors (Lipinski definition) is 1. The summed E-state index contributed by atoms with van der Waals surface area (Å²) in [4.78, 5) is 60.6. The molecule has 1 saturated heterocycles. The van der Waals surface area contributed by atoms with E-state index in [9.17, 15) is 24.0 Å². The van der Waals surface area contributed by atoms with E-state index in [1.165, 1.54) is 0 Å². The first-order chi connectivity index (χ1) is 9.43. The molecule has 0 spiro atoms. The van der Waals surface area contributed by atoms with E-state index in [1.807, 2.05) is 0 Å². The number of rotatable bonds is 7. The zero-order chi connectivity index (χ0) is 15.1. The van der Waals surface area contributed by atoms with Gasteiger partial charge in [-0.15, -0.1) is 5.06 Å². The Labute approximate surface area is 115 Å². The van der Waals surface area contributed by atoms with Crippen molar-refractivity contribution < 1.29 is 28.8 Å². The number of amides is 3. The van der Waals surface area contributed by atoms with E-state index in [4.69, 9.17) is 0 Å². The van der Waals surface area contributed by atoms with Crippen molar-refractivity contribution in [3.63, 3.8) is 0 Å². The van der Waals surface area contributed by atoms with E-state index in [0.29, 0.717) is 5.06 Å². The minimum absolute atomic E-state index is 0.0219. The monoisotopic (exact) mass is 286 g/mol. The Morgan fingerprint density at radius 3 is 2.30 bits per heavy atom. The Hall–Kier alpha value is -2.25. The van der Waals surface area contributed by atoms with Gasteiger partial charge in [0.2, 0.25) is 5.91 Å². The minimum atomic E-state index is -0.830. The van der Waals surface area contributed by atoms with Crippen molar-refractivity contribution in [3.8, 4) is 0 Å². The molecule has 0 unspecified atom stereocenters. The van der Waals surface area contributed by atoms with Crippen LogP contribution in [0.15, 0.2) is 0 Å². The van der Waals surface area contributed by atoms with Crippen molar-refractivity contribution >= 4 is 29.5 Å². The second-order valence-corrected chi connectivity index (χ2v) is 4.21. The van der Waals surface area contributed by atoms with E-state index >= 15 is 0 Å². The second kappa shape index (κ2) is 7.37. The summed E-state index contributed by atoms with van der Waals surface area (Å²) < 4.78 is 0. The summed E-state index contributed by atoms with van der Waals surface area (Å²) in [6, 6.07) is 0. The Kier molecular flexibility index (Phi) is 5.82. The van der Waals surface area contributed by atoms with Crippen molar-refractivity contribution in [2.45, 2.75) is 39.0 Å². The molecule has 0 aromatic rings. The highest BCUT2D eigenvalue weighted by Crippen LogP contribution is 2.12. The number of carbonyl (C=O) groups excluding carboxylic acids is 5. The molecule has 1 aliphatic heterocycles. The van der Waals surface area contributed by atoms with Crippen molar-refractivity contribution in [1.82, 2.24) is 10.4 Å². The van der Waals surface area contributed by atoms with Gasteiger partial charge in [0.25, 0.3) is 11.8 Å². The fourth-order valence-electron chi connectivity index (χ4n) is 1.46. The van der Waals surface area contributed by atoms with E-state index in [1.54, 1.807) is 6.92 Å². The van der Waals surface area contributed by atoms with Gasteiger partial charge in [-0.25, -0.2) is 4.79 Å². The molecule has 1 rings (SSSR count). The van der Waals surface area contributed by atoms with Crippen LogP contribution in [0.2, 0.25) is 0 Å². The summed E-state index contributed by atoms with van der Waals surface area (Å²) in [7, 11) is 0. The average molecular weight is 286 g/mol. The molecule has 1 N–H and O–H groups in total. The predicted molar refractivity (Wildman–Crippen MR) is 64.7 cm³/mol. The van der Waals surface area contributed by atoms with Crippen LogP contribution >= 0.6 is 0 Å². The van der Waals surface area contributed by atoms with Gasteiger partial charge < -0.3 is 10.2 Å². The number of Topliss-reactive ketones (excluding diaryl/α,β-unsaturated/α-hetero) is 1. The molecule has 0 aromatic carbocycles. The summed E-state index contributed by atoms with van der Waals surface area (Å²) in [6.07, 6.45) is -0.0619. The lowest BCUT2D eigenvalue weighted by Gasteiger charge is -2.12. The van der Waals surface area contributed by atoms with Crippen LogP contribution in [-0.2, 0) is 28.8 Å². The zero-order valence-electron chi connectivity index (χ0n) is 11.1.